The van der Waals surface area contributed by atoms with Crippen LogP contribution in [0, 0.1) is 12.7 Å². The van der Waals surface area contributed by atoms with Crippen molar-refractivity contribution in [2.75, 3.05) is 13.2 Å². The number of ether oxygens (including phenoxy) is 1. The Morgan fingerprint density at radius 1 is 1.23 bits per heavy atom. The standard InChI is InChI=1S/C24H26FN3O2/c1-18-8-10-19(11-9-18)15-27-13-12-26-23(27)17-28(16-20-5-4-14-30-20)24(29)21-6-2-3-7-22(21)25/h2-3,6-13,20H,4-5,14-17H2,1H3/t20-/m1/s1. The van der Waals surface area contributed by atoms with E-state index in [0.29, 0.717) is 26.2 Å². The molecule has 1 aliphatic rings. The van der Waals surface area contributed by atoms with Crippen LogP contribution in [0.5, 0.6) is 0 Å². The first kappa shape index (κ1) is 20.3. The molecule has 0 bridgehead atoms. The molecule has 0 N–H and O–H groups in total. The smallest absolute Gasteiger partial charge is 0.257 e. The minimum atomic E-state index is -0.511. The fourth-order valence-corrected chi connectivity index (χ4v) is 3.75. The maximum Gasteiger partial charge on any atom is 0.257 e. The van der Waals surface area contributed by atoms with Crippen LogP contribution in [0.4, 0.5) is 4.39 Å². The number of amides is 1. The minimum absolute atomic E-state index is 0.0266. The van der Waals surface area contributed by atoms with E-state index in [9.17, 15) is 9.18 Å². The molecule has 0 aliphatic carbocycles. The predicted octanol–water partition coefficient (Wildman–Crippen LogP) is 4.20. The third-order valence-electron chi connectivity index (χ3n) is 5.45. The Labute approximate surface area is 176 Å². The summed E-state index contributed by atoms with van der Waals surface area (Å²) in [5.41, 5.74) is 2.45. The van der Waals surface area contributed by atoms with Crippen molar-refractivity contribution < 1.29 is 13.9 Å². The van der Waals surface area contributed by atoms with Crippen molar-refractivity contribution in [3.63, 3.8) is 0 Å². The van der Waals surface area contributed by atoms with Gasteiger partial charge in [-0.05, 0) is 37.5 Å². The number of aryl methyl sites for hydroxylation is 1. The molecule has 1 aromatic heterocycles. The van der Waals surface area contributed by atoms with Gasteiger partial charge in [0.25, 0.3) is 5.91 Å². The van der Waals surface area contributed by atoms with Gasteiger partial charge in [0.15, 0.2) is 0 Å². The van der Waals surface area contributed by atoms with Gasteiger partial charge in [-0.25, -0.2) is 9.37 Å². The van der Waals surface area contributed by atoms with E-state index in [1.54, 1.807) is 23.2 Å². The number of hydrogen-bond acceptors (Lipinski definition) is 3. The van der Waals surface area contributed by atoms with Crippen LogP contribution in [0.25, 0.3) is 0 Å². The van der Waals surface area contributed by atoms with Crippen molar-refractivity contribution in [2.45, 2.75) is 39.0 Å². The van der Waals surface area contributed by atoms with Gasteiger partial charge in [-0.1, -0.05) is 42.0 Å². The van der Waals surface area contributed by atoms with E-state index in [1.807, 2.05) is 10.8 Å². The zero-order valence-electron chi connectivity index (χ0n) is 17.1. The average Bonchev–Trinajstić information content (AvgIpc) is 3.41. The molecule has 1 aliphatic heterocycles. The van der Waals surface area contributed by atoms with Crippen molar-refractivity contribution in [2.24, 2.45) is 0 Å². The van der Waals surface area contributed by atoms with Crippen LogP contribution in [0.2, 0.25) is 0 Å². The number of halogens is 1. The summed E-state index contributed by atoms with van der Waals surface area (Å²) in [6.07, 6.45) is 5.50. The number of imidazole rings is 1. The lowest BCUT2D eigenvalue weighted by Crippen LogP contribution is -2.38. The van der Waals surface area contributed by atoms with Crippen molar-refractivity contribution in [3.8, 4) is 0 Å². The molecular formula is C24H26FN3O2. The second-order valence-electron chi connectivity index (χ2n) is 7.76. The molecule has 2 aromatic carbocycles. The van der Waals surface area contributed by atoms with E-state index in [1.165, 1.54) is 17.7 Å². The zero-order chi connectivity index (χ0) is 20.9. The highest BCUT2D eigenvalue weighted by atomic mass is 19.1. The fraction of sp³-hybridized carbons (Fsp3) is 0.333. The molecule has 5 nitrogen and oxygen atoms in total. The summed E-state index contributed by atoms with van der Waals surface area (Å²) in [7, 11) is 0. The topological polar surface area (TPSA) is 47.4 Å². The fourth-order valence-electron chi connectivity index (χ4n) is 3.75. The Hall–Kier alpha value is -2.99. The lowest BCUT2D eigenvalue weighted by Gasteiger charge is -2.26. The molecule has 4 rings (SSSR count). The van der Waals surface area contributed by atoms with Gasteiger partial charge in [-0.2, -0.15) is 0 Å². The quantitative estimate of drug-likeness (QED) is 0.590. The molecule has 1 amide bonds. The van der Waals surface area contributed by atoms with Crippen LogP contribution in [-0.2, 0) is 17.8 Å². The van der Waals surface area contributed by atoms with Crippen LogP contribution in [0.1, 0.15) is 40.2 Å². The molecule has 0 unspecified atom stereocenters. The highest BCUT2D eigenvalue weighted by Gasteiger charge is 2.26. The second-order valence-corrected chi connectivity index (χ2v) is 7.76. The SMILES string of the molecule is Cc1ccc(Cn2ccnc2CN(C[C@H]2CCCO2)C(=O)c2ccccc2F)cc1. The van der Waals surface area contributed by atoms with Crippen molar-refractivity contribution >= 4 is 5.91 Å². The molecule has 30 heavy (non-hydrogen) atoms. The molecule has 156 valence electrons. The number of carbonyl (C=O) groups excluding carboxylic acids is 1. The van der Waals surface area contributed by atoms with Gasteiger partial charge in [-0.3, -0.25) is 4.79 Å². The van der Waals surface area contributed by atoms with Gasteiger partial charge >= 0.3 is 0 Å². The van der Waals surface area contributed by atoms with Gasteiger partial charge in [0.1, 0.15) is 11.6 Å². The highest BCUT2D eigenvalue weighted by molar-refractivity contribution is 5.94. The van der Waals surface area contributed by atoms with E-state index in [0.717, 1.165) is 24.2 Å². The lowest BCUT2D eigenvalue weighted by atomic mass is 10.1. The van der Waals surface area contributed by atoms with Crippen LogP contribution < -0.4 is 0 Å². The lowest BCUT2D eigenvalue weighted by molar-refractivity contribution is 0.0495. The summed E-state index contributed by atoms with van der Waals surface area (Å²) in [5, 5.41) is 0. The minimum Gasteiger partial charge on any atom is -0.376 e. The summed E-state index contributed by atoms with van der Waals surface area (Å²) < 4.78 is 22.1. The third-order valence-corrected chi connectivity index (χ3v) is 5.45. The first-order valence-corrected chi connectivity index (χ1v) is 10.3. The molecule has 1 fully saturated rings. The second kappa shape index (κ2) is 9.22. The molecule has 0 saturated carbocycles. The molecule has 6 heteroatoms. The summed E-state index contributed by atoms with van der Waals surface area (Å²) >= 11 is 0. The van der Waals surface area contributed by atoms with Gasteiger partial charge in [0.2, 0.25) is 0 Å². The monoisotopic (exact) mass is 407 g/mol. The first-order chi connectivity index (χ1) is 14.6. The van der Waals surface area contributed by atoms with E-state index >= 15 is 0 Å². The number of hydrogen-bond donors (Lipinski definition) is 0. The van der Waals surface area contributed by atoms with Gasteiger partial charge < -0.3 is 14.2 Å². The maximum atomic E-state index is 14.3. The molecule has 0 radical (unpaired) electrons. The first-order valence-electron chi connectivity index (χ1n) is 10.3. The molecule has 0 spiro atoms. The Bertz CT molecular complexity index is 994. The Balaban J connectivity index is 1.56. The molecule has 1 atom stereocenters. The normalized spacial score (nSPS) is 16.0. The average molecular weight is 407 g/mol. The van der Waals surface area contributed by atoms with E-state index < -0.39 is 5.82 Å². The van der Waals surface area contributed by atoms with Crippen LogP contribution >= 0.6 is 0 Å². The Kier molecular flexibility index (Phi) is 6.23. The Morgan fingerprint density at radius 2 is 2.03 bits per heavy atom. The summed E-state index contributed by atoms with van der Waals surface area (Å²) in [6.45, 7) is 4.14. The van der Waals surface area contributed by atoms with Gasteiger partial charge in [-0.15, -0.1) is 0 Å². The number of nitrogens with zero attached hydrogens (tertiary/aromatic N) is 3. The van der Waals surface area contributed by atoms with Crippen LogP contribution in [0.3, 0.4) is 0 Å². The van der Waals surface area contributed by atoms with Crippen LogP contribution in [0.15, 0.2) is 60.9 Å². The molecule has 2 heterocycles. The summed E-state index contributed by atoms with van der Waals surface area (Å²) in [6, 6.07) is 14.5. The number of benzene rings is 2. The van der Waals surface area contributed by atoms with E-state index in [4.69, 9.17) is 4.74 Å². The van der Waals surface area contributed by atoms with Crippen molar-refractivity contribution in [1.29, 1.82) is 0 Å². The van der Waals surface area contributed by atoms with E-state index in [-0.39, 0.29) is 17.6 Å². The maximum absolute atomic E-state index is 14.3. The number of aromatic nitrogens is 2. The third kappa shape index (κ3) is 4.76. The van der Waals surface area contributed by atoms with Crippen molar-refractivity contribution in [1.82, 2.24) is 14.5 Å². The highest BCUT2D eigenvalue weighted by Crippen LogP contribution is 2.19. The van der Waals surface area contributed by atoms with Gasteiger partial charge in [0.05, 0.1) is 18.2 Å². The number of rotatable bonds is 7. The van der Waals surface area contributed by atoms with E-state index in [2.05, 4.69) is 36.2 Å². The van der Waals surface area contributed by atoms with Crippen LogP contribution in [-0.4, -0.2) is 39.6 Å². The van der Waals surface area contributed by atoms with Crippen molar-refractivity contribution in [3.05, 3.63) is 89.3 Å². The molecule has 1 saturated heterocycles. The predicted molar refractivity (Wildman–Crippen MR) is 113 cm³/mol. The molecular weight excluding hydrogens is 381 g/mol. The molecule has 3 aromatic rings. The summed E-state index contributed by atoms with van der Waals surface area (Å²) in [4.78, 5) is 19.3. The van der Waals surface area contributed by atoms with Gasteiger partial charge in [0, 0.05) is 32.1 Å². The number of carbonyl (C=O) groups is 1. The Morgan fingerprint density at radius 3 is 2.77 bits per heavy atom. The zero-order valence-corrected chi connectivity index (χ0v) is 17.1. The largest absolute Gasteiger partial charge is 0.376 e. The summed E-state index contributed by atoms with van der Waals surface area (Å²) in [5.74, 6) is -0.0883.